The molecule has 1 aromatic heterocycles. The molecular weight excluding hydrogens is 301 g/mol. The Bertz CT molecular complexity index is 680. The number of nitrogens with one attached hydrogen (secondary N) is 2. The molecule has 1 fully saturated rings. The Morgan fingerprint density at radius 2 is 2.14 bits per heavy atom. The van der Waals surface area contributed by atoms with Crippen LogP contribution < -0.4 is 10.6 Å². The zero-order valence-electron chi connectivity index (χ0n) is 12.4. The molecule has 1 aliphatic rings. The Balaban J connectivity index is 1.76. The van der Waals surface area contributed by atoms with Crippen molar-refractivity contribution >= 4 is 28.1 Å². The van der Waals surface area contributed by atoms with Gasteiger partial charge in [-0.2, -0.15) is 0 Å². The number of thiazole rings is 1. The minimum absolute atomic E-state index is 0.219. The highest BCUT2D eigenvalue weighted by atomic mass is 32.1. The van der Waals surface area contributed by atoms with Gasteiger partial charge in [-0.3, -0.25) is 4.79 Å². The maximum absolute atomic E-state index is 14.2. The first kappa shape index (κ1) is 15.0. The Morgan fingerprint density at radius 1 is 1.36 bits per heavy atom. The molecule has 0 atom stereocenters. The molecule has 0 unspecified atom stereocenters. The van der Waals surface area contributed by atoms with Gasteiger partial charge in [0.15, 0.2) is 5.13 Å². The van der Waals surface area contributed by atoms with Crippen LogP contribution in [0.4, 0.5) is 15.2 Å². The van der Waals surface area contributed by atoms with Crippen LogP contribution >= 0.6 is 11.3 Å². The highest BCUT2D eigenvalue weighted by molar-refractivity contribution is 7.14. The molecule has 0 radical (unpaired) electrons. The number of anilines is 2. The standard InChI is InChI=1S/C16H18FN3OS/c1-10(21)18-12-6-7-13(14(17)8-12)15-9-22-16(20-15)19-11-4-2-3-5-11/h6-9,11H,2-5H2,1H3,(H,18,21)(H,19,20). The van der Waals surface area contributed by atoms with E-state index in [1.54, 1.807) is 12.1 Å². The minimum Gasteiger partial charge on any atom is -0.359 e. The third-order valence-corrected chi connectivity index (χ3v) is 4.53. The van der Waals surface area contributed by atoms with Gasteiger partial charge in [0.25, 0.3) is 0 Å². The maximum Gasteiger partial charge on any atom is 0.221 e. The van der Waals surface area contributed by atoms with Crippen molar-refractivity contribution in [1.82, 2.24) is 4.98 Å². The van der Waals surface area contributed by atoms with Crippen LogP contribution in [0.3, 0.4) is 0 Å². The van der Waals surface area contributed by atoms with Crippen molar-refractivity contribution in [3.8, 4) is 11.3 Å². The van der Waals surface area contributed by atoms with Gasteiger partial charge < -0.3 is 10.6 Å². The minimum atomic E-state index is -0.385. The van der Waals surface area contributed by atoms with Gasteiger partial charge in [0.2, 0.25) is 5.91 Å². The molecule has 0 aliphatic heterocycles. The molecule has 1 amide bonds. The van der Waals surface area contributed by atoms with Crippen molar-refractivity contribution in [2.45, 2.75) is 38.6 Å². The molecule has 6 heteroatoms. The molecule has 0 spiro atoms. The smallest absolute Gasteiger partial charge is 0.221 e. The van der Waals surface area contributed by atoms with Gasteiger partial charge >= 0.3 is 0 Å². The van der Waals surface area contributed by atoms with Gasteiger partial charge in [-0.25, -0.2) is 9.37 Å². The molecule has 22 heavy (non-hydrogen) atoms. The summed E-state index contributed by atoms with van der Waals surface area (Å²) in [4.78, 5) is 15.5. The molecule has 116 valence electrons. The van der Waals surface area contributed by atoms with E-state index in [0.717, 1.165) is 5.13 Å². The lowest BCUT2D eigenvalue weighted by molar-refractivity contribution is -0.114. The van der Waals surface area contributed by atoms with Crippen molar-refractivity contribution in [3.05, 3.63) is 29.4 Å². The van der Waals surface area contributed by atoms with Crippen molar-refractivity contribution < 1.29 is 9.18 Å². The van der Waals surface area contributed by atoms with Crippen molar-refractivity contribution in [2.75, 3.05) is 10.6 Å². The van der Waals surface area contributed by atoms with Gasteiger partial charge in [0.1, 0.15) is 5.82 Å². The number of aromatic nitrogens is 1. The van der Waals surface area contributed by atoms with Crippen molar-refractivity contribution in [1.29, 1.82) is 0 Å². The maximum atomic E-state index is 14.2. The molecule has 1 aromatic carbocycles. The molecule has 3 rings (SSSR count). The normalized spacial score (nSPS) is 15.0. The van der Waals surface area contributed by atoms with E-state index in [1.807, 2.05) is 5.38 Å². The van der Waals surface area contributed by atoms with Crippen LogP contribution in [-0.4, -0.2) is 16.9 Å². The summed E-state index contributed by atoms with van der Waals surface area (Å²) in [5.41, 5.74) is 1.52. The van der Waals surface area contributed by atoms with E-state index in [9.17, 15) is 9.18 Å². The average Bonchev–Trinajstić information content (AvgIpc) is 3.11. The lowest BCUT2D eigenvalue weighted by Gasteiger charge is -2.09. The van der Waals surface area contributed by atoms with E-state index in [2.05, 4.69) is 15.6 Å². The van der Waals surface area contributed by atoms with E-state index in [-0.39, 0.29) is 11.7 Å². The topological polar surface area (TPSA) is 54.0 Å². The van der Waals surface area contributed by atoms with E-state index < -0.39 is 0 Å². The second-order valence-electron chi connectivity index (χ2n) is 5.54. The predicted molar refractivity (Wildman–Crippen MR) is 87.7 cm³/mol. The molecule has 4 nitrogen and oxygen atoms in total. The highest BCUT2D eigenvalue weighted by Crippen LogP contribution is 2.30. The Morgan fingerprint density at radius 3 is 2.82 bits per heavy atom. The number of halogens is 1. The summed E-state index contributed by atoms with van der Waals surface area (Å²) in [6.45, 7) is 1.40. The Kier molecular flexibility index (Phi) is 4.38. The third kappa shape index (κ3) is 3.44. The van der Waals surface area contributed by atoms with E-state index in [4.69, 9.17) is 0 Å². The number of benzene rings is 1. The SMILES string of the molecule is CC(=O)Nc1ccc(-c2csc(NC3CCCC3)n2)c(F)c1. The van der Waals surface area contributed by atoms with Gasteiger partial charge in [-0.05, 0) is 31.0 Å². The molecule has 0 bridgehead atoms. The molecule has 1 aliphatic carbocycles. The fourth-order valence-electron chi connectivity index (χ4n) is 2.71. The summed E-state index contributed by atoms with van der Waals surface area (Å²) in [5, 5.41) is 8.68. The number of hydrogen-bond donors (Lipinski definition) is 2. The fourth-order valence-corrected chi connectivity index (χ4v) is 3.50. The number of rotatable bonds is 4. The number of amides is 1. The molecule has 1 saturated carbocycles. The van der Waals surface area contributed by atoms with Gasteiger partial charge in [0, 0.05) is 29.6 Å². The van der Waals surface area contributed by atoms with E-state index in [1.165, 1.54) is 50.0 Å². The van der Waals surface area contributed by atoms with Crippen molar-refractivity contribution in [3.63, 3.8) is 0 Å². The first-order valence-corrected chi connectivity index (χ1v) is 8.29. The second kappa shape index (κ2) is 6.44. The average molecular weight is 319 g/mol. The summed E-state index contributed by atoms with van der Waals surface area (Å²) < 4.78 is 14.2. The number of nitrogens with zero attached hydrogens (tertiary/aromatic N) is 1. The van der Waals surface area contributed by atoms with E-state index in [0.29, 0.717) is 23.0 Å². The van der Waals surface area contributed by atoms with Crippen LogP contribution in [0.5, 0.6) is 0 Å². The summed E-state index contributed by atoms with van der Waals surface area (Å²) >= 11 is 1.50. The summed E-state index contributed by atoms with van der Waals surface area (Å²) in [6.07, 6.45) is 4.87. The van der Waals surface area contributed by atoms with E-state index >= 15 is 0 Å². The van der Waals surface area contributed by atoms with Crippen LogP contribution in [0.25, 0.3) is 11.3 Å². The predicted octanol–water partition coefficient (Wildman–Crippen LogP) is 4.26. The van der Waals surface area contributed by atoms with Crippen LogP contribution in [0.15, 0.2) is 23.6 Å². The second-order valence-corrected chi connectivity index (χ2v) is 6.40. The largest absolute Gasteiger partial charge is 0.359 e. The zero-order chi connectivity index (χ0) is 15.5. The van der Waals surface area contributed by atoms with Gasteiger partial charge in [-0.15, -0.1) is 11.3 Å². The van der Waals surface area contributed by atoms with Crippen LogP contribution in [0.2, 0.25) is 0 Å². The monoisotopic (exact) mass is 319 g/mol. The summed E-state index contributed by atoms with van der Waals surface area (Å²) in [5.74, 6) is -0.604. The lowest BCUT2D eigenvalue weighted by Crippen LogP contribution is -2.14. The van der Waals surface area contributed by atoms with Crippen LogP contribution in [0, 0.1) is 5.82 Å². The Hall–Kier alpha value is -1.95. The van der Waals surface area contributed by atoms with Crippen molar-refractivity contribution in [2.24, 2.45) is 0 Å². The lowest BCUT2D eigenvalue weighted by atomic mass is 10.1. The van der Waals surface area contributed by atoms with Crippen LogP contribution in [0.1, 0.15) is 32.6 Å². The summed E-state index contributed by atoms with van der Waals surface area (Å²) in [7, 11) is 0. The van der Waals surface area contributed by atoms with Gasteiger partial charge in [-0.1, -0.05) is 12.8 Å². The van der Waals surface area contributed by atoms with Gasteiger partial charge in [0.05, 0.1) is 5.69 Å². The molecule has 2 aromatic rings. The fraction of sp³-hybridized carbons (Fsp3) is 0.375. The first-order chi connectivity index (χ1) is 10.6. The molecular formula is C16H18FN3OS. The number of hydrogen-bond acceptors (Lipinski definition) is 4. The number of carbonyl (C=O) groups is 1. The molecule has 0 saturated heterocycles. The molecule has 1 heterocycles. The summed E-state index contributed by atoms with van der Waals surface area (Å²) in [6, 6.07) is 5.14. The third-order valence-electron chi connectivity index (χ3n) is 3.75. The Labute approximate surface area is 132 Å². The van der Waals surface area contributed by atoms with Crippen LogP contribution in [-0.2, 0) is 4.79 Å². The first-order valence-electron chi connectivity index (χ1n) is 7.41. The zero-order valence-corrected chi connectivity index (χ0v) is 13.2. The quantitative estimate of drug-likeness (QED) is 0.885. The molecule has 2 N–H and O–H groups in total. The highest BCUT2D eigenvalue weighted by Gasteiger charge is 2.17. The number of carbonyl (C=O) groups excluding carboxylic acids is 1.